The highest BCUT2D eigenvalue weighted by molar-refractivity contribution is 5.86. The second-order valence-electron chi connectivity index (χ2n) is 5.54. The number of hydrogen-bond acceptors (Lipinski definition) is 3. The van der Waals surface area contributed by atoms with Crippen LogP contribution in [0.4, 0.5) is 4.39 Å². The molecule has 3 rings (SSSR count). The molecule has 2 amide bonds. The summed E-state index contributed by atoms with van der Waals surface area (Å²) in [5.74, 6) is -1.31. The average molecular weight is 313 g/mol. The Hall–Kier alpha value is -2.76. The van der Waals surface area contributed by atoms with Crippen LogP contribution in [0.2, 0.25) is 0 Å². The molecule has 1 aliphatic carbocycles. The summed E-state index contributed by atoms with van der Waals surface area (Å²) in [6, 6.07) is 9.92. The lowest BCUT2D eigenvalue weighted by Crippen LogP contribution is -2.43. The van der Waals surface area contributed by atoms with Crippen LogP contribution in [0, 0.1) is 11.7 Å². The molecule has 0 radical (unpaired) electrons. The molecule has 5 nitrogen and oxygen atoms in total. The summed E-state index contributed by atoms with van der Waals surface area (Å²) in [7, 11) is 0. The van der Waals surface area contributed by atoms with E-state index in [-0.39, 0.29) is 35.9 Å². The lowest BCUT2D eigenvalue weighted by atomic mass is 10.1. The zero-order valence-corrected chi connectivity index (χ0v) is 12.3. The first-order chi connectivity index (χ1) is 11.1. The van der Waals surface area contributed by atoms with Gasteiger partial charge in [-0.3, -0.25) is 25.4 Å². The van der Waals surface area contributed by atoms with E-state index in [1.54, 1.807) is 42.7 Å². The van der Waals surface area contributed by atoms with Gasteiger partial charge in [-0.25, -0.2) is 4.39 Å². The number of nitrogens with one attached hydrogen (secondary N) is 2. The van der Waals surface area contributed by atoms with E-state index in [0.29, 0.717) is 12.0 Å². The van der Waals surface area contributed by atoms with Crippen LogP contribution in [0.1, 0.15) is 23.5 Å². The molecule has 0 unspecified atom stereocenters. The van der Waals surface area contributed by atoms with E-state index in [0.717, 1.165) is 5.56 Å². The van der Waals surface area contributed by atoms with Crippen molar-refractivity contribution < 1.29 is 14.0 Å². The van der Waals surface area contributed by atoms with Crippen molar-refractivity contribution in [2.24, 2.45) is 5.92 Å². The fourth-order valence-corrected chi connectivity index (χ4v) is 2.56. The topological polar surface area (TPSA) is 71.1 Å². The number of hydrogen-bond donors (Lipinski definition) is 2. The molecule has 0 aliphatic heterocycles. The molecule has 6 heteroatoms. The molecular formula is C17H16FN3O2. The monoisotopic (exact) mass is 313 g/mol. The van der Waals surface area contributed by atoms with E-state index < -0.39 is 0 Å². The zero-order valence-electron chi connectivity index (χ0n) is 12.3. The second kappa shape index (κ2) is 6.56. The molecule has 2 aromatic rings. The van der Waals surface area contributed by atoms with Crippen LogP contribution in [-0.2, 0) is 16.0 Å². The van der Waals surface area contributed by atoms with E-state index in [9.17, 15) is 14.0 Å². The van der Waals surface area contributed by atoms with Crippen molar-refractivity contribution in [1.82, 2.24) is 15.8 Å². The fourth-order valence-electron chi connectivity index (χ4n) is 2.56. The SMILES string of the molecule is O=C(Cc1ccncc1)NNC(=O)[C@@H]1C[C@H]1c1ccccc1F. The highest BCUT2D eigenvalue weighted by atomic mass is 19.1. The van der Waals surface area contributed by atoms with Crippen LogP contribution in [0.15, 0.2) is 48.8 Å². The van der Waals surface area contributed by atoms with Gasteiger partial charge in [0.2, 0.25) is 11.8 Å². The predicted molar refractivity (Wildman–Crippen MR) is 81.5 cm³/mol. The molecule has 0 saturated heterocycles. The Bertz CT molecular complexity index is 721. The summed E-state index contributed by atoms with van der Waals surface area (Å²) in [5, 5.41) is 0. The number of pyridine rings is 1. The van der Waals surface area contributed by atoms with E-state index in [4.69, 9.17) is 0 Å². The van der Waals surface area contributed by atoms with Gasteiger partial charge in [-0.05, 0) is 41.7 Å². The van der Waals surface area contributed by atoms with Crippen molar-refractivity contribution in [3.8, 4) is 0 Å². The van der Waals surface area contributed by atoms with Gasteiger partial charge in [0.15, 0.2) is 0 Å². The number of amides is 2. The number of rotatable bonds is 4. The van der Waals surface area contributed by atoms with Crippen LogP contribution >= 0.6 is 0 Å². The van der Waals surface area contributed by atoms with Crippen LogP contribution in [0.5, 0.6) is 0 Å². The van der Waals surface area contributed by atoms with Crippen molar-refractivity contribution in [2.75, 3.05) is 0 Å². The number of hydrazine groups is 1. The number of aromatic nitrogens is 1. The van der Waals surface area contributed by atoms with Crippen LogP contribution in [0.3, 0.4) is 0 Å². The van der Waals surface area contributed by atoms with Gasteiger partial charge in [0.25, 0.3) is 0 Å². The standard InChI is InChI=1S/C17H16FN3O2/c18-15-4-2-1-3-12(15)13-10-14(13)17(23)21-20-16(22)9-11-5-7-19-8-6-11/h1-8,13-14H,9-10H2,(H,20,22)(H,21,23)/t13-,14+/m0/s1. The zero-order chi connectivity index (χ0) is 16.2. The Morgan fingerprint density at radius 2 is 1.87 bits per heavy atom. The maximum atomic E-state index is 13.7. The van der Waals surface area contributed by atoms with Crippen molar-refractivity contribution >= 4 is 11.8 Å². The molecular weight excluding hydrogens is 297 g/mol. The lowest BCUT2D eigenvalue weighted by molar-refractivity contribution is -0.129. The van der Waals surface area contributed by atoms with Gasteiger partial charge in [0.05, 0.1) is 6.42 Å². The highest BCUT2D eigenvalue weighted by Gasteiger charge is 2.45. The average Bonchev–Trinajstić information content (AvgIpc) is 3.34. The summed E-state index contributed by atoms with van der Waals surface area (Å²) in [4.78, 5) is 27.6. The Kier molecular flexibility index (Phi) is 4.32. The number of carbonyl (C=O) groups excluding carboxylic acids is 2. The fraction of sp³-hybridized carbons (Fsp3) is 0.235. The minimum Gasteiger partial charge on any atom is -0.273 e. The minimum absolute atomic E-state index is 0.117. The maximum absolute atomic E-state index is 13.7. The van der Waals surface area contributed by atoms with Gasteiger partial charge in [0, 0.05) is 18.3 Å². The third kappa shape index (κ3) is 3.71. The van der Waals surface area contributed by atoms with Crippen LogP contribution < -0.4 is 10.9 Å². The summed E-state index contributed by atoms with van der Waals surface area (Å²) >= 11 is 0. The number of benzene rings is 1. The first-order valence-corrected chi connectivity index (χ1v) is 7.37. The van der Waals surface area contributed by atoms with E-state index in [1.165, 1.54) is 6.07 Å². The third-order valence-corrected chi connectivity index (χ3v) is 3.87. The van der Waals surface area contributed by atoms with Crippen molar-refractivity contribution in [1.29, 1.82) is 0 Å². The molecule has 1 fully saturated rings. The van der Waals surface area contributed by atoms with Gasteiger partial charge >= 0.3 is 0 Å². The number of nitrogens with zero attached hydrogens (tertiary/aromatic N) is 1. The predicted octanol–water partition coefficient (Wildman–Crippen LogP) is 1.71. The van der Waals surface area contributed by atoms with Gasteiger partial charge in [-0.2, -0.15) is 0 Å². The normalized spacial score (nSPS) is 19.0. The smallest absolute Gasteiger partial charge is 0.242 e. The van der Waals surface area contributed by atoms with Gasteiger partial charge in [-0.15, -0.1) is 0 Å². The van der Waals surface area contributed by atoms with Crippen molar-refractivity contribution in [3.63, 3.8) is 0 Å². The van der Waals surface area contributed by atoms with Gasteiger partial charge in [-0.1, -0.05) is 18.2 Å². The molecule has 1 aromatic carbocycles. The highest BCUT2D eigenvalue weighted by Crippen LogP contribution is 2.48. The Morgan fingerprint density at radius 1 is 1.13 bits per heavy atom. The summed E-state index contributed by atoms with van der Waals surface area (Å²) in [6.07, 6.45) is 3.95. The quantitative estimate of drug-likeness (QED) is 0.844. The second-order valence-corrected chi connectivity index (χ2v) is 5.54. The molecule has 2 N–H and O–H groups in total. The number of halogens is 1. The summed E-state index contributed by atoms with van der Waals surface area (Å²) in [5.41, 5.74) is 6.15. The number of carbonyl (C=O) groups is 2. The lowest BCUT2D eigenvalue weighted by Gasteiger charge is -2.07. The van der Waals surface area contributed by atoms with Crippen LogP contribution in [0.25, 0.3) is 0 Å². The molecule has 0 bridgehead atoms. The minimum atomic E-state index is -0.312. The summed E-state index contributed by atoms with van der Waals surface area (Å²) in [6.45, 7) is 0. The molecule has 1 aliphatic rings. The van der Waals surface area contributed by atoms with E-state index in [1.807, 2.05) is 0 Å². The Balaban J connectivity index is 1.48. The molecule has 23 heavy (non-hydrogen) atoms. The van der Waals surface area contributed by atoms with Crippen molar-refractivity contribution in [3.05, 3.63) is 65.7 Å². The molecule has 118 valence electrons. The third-order valence-electron chi connectivity index (χ3n) is 3.87. The molecule has 0 spiro atoms. The van der Waals surface area contributed by atoms with Crippen LogP contribution in [-0.4, -0.2) is 16.8 Å². The Labute approximate surface area is 132 Å². The van der Waals surface area contributed by atoms with Gasteiger partial charge < -0.3 is 0 Å². The van der Waals surface area contributed by atoms with E-state index in [2.05, 4.69) is 15.8 Å². The molecule has 1 heterocycles. The molecule has 1 saturated carbocycles. The largest absolute Gasteiger partial charge is 0.273 e. The molecule has 1 aromatic heterocycles. The molecule has 2 atom stereocenters. The van der Waals surface area contributed by atoms with E-state index >= 15 is 0 Å². The Morgan fingerprint density at radius 3 is 2.61 bits per heavy atom. The van der Waals surface area contributed by atoms with Gasteiger partial charge in [0.1, 0.15) is 5.82 Å². The first kappa shape index (κ1) is 15.1. The maximum Gasteiger partial charge on any atom is 0.242 e. The van der Waals surface area contributed by atoms with Crippen molar-refractivity contribution in [2.45, 2.75) is 18.8 Å². The summed E-state index contributed by atoms with van der Waals surface area (Å²) < 4.78 is 13.7. The first-order valence-electron chi connectivity index (χ1n) is 7.37.